The van der Waals surface area contributed by atoms with Crippen LogP contribution in [0.1, 0.15) is 37.4 Å². The number of carbonyl (C=O) groups is 1. The zero-order valence-electron chi connectivity index (χ0n) is 15.8. The minimum atomic E-state index is -0.132. The molecule has 1 saturated carbocycles. The Balaban J connectivity index is 1.41. The van der Waals surface area contributed by atoms with Crippen LogP contribution in [0.5, 0.6) is 5.75 Å². The van der Waals surface area contributed by atoms with Crippen LogP contribution in [0, 0.1) is 0 Å². The molecule has 1 N–H and O–H groups in total. The highest BCUT2D eigenvalue weighted by Gasteiger charge is 2.30. The van der Waals surface area contributed by atoms with Crippen LogP contribution in [0.2, 0.25) is 0 Å². The Kier molecular flexibility index (Phi) is 5.68. The number of hydrogen-bond donors (Lipinski definition) is 1. The van der Waals surface area contributed by atoms with Crippen LogP contribution in [0.4, 0.5) is 0 Å². The second-order valence-electron chi connectivity index (χ2n) is 6.70. The molecule has 3 aromatic rings. The van der Waals surface area contributed by atoms with E-state index in [9.17, 15) is 4.79 Å². The Morgan fingerprint density at radius 1 is 1.32 bits per heavy atom. The number of nitrogens with one attached hydrogen (secondary N) is 1. The first-order valence-electron chi connectivity index (χ1n) is 9.21. The van der Waals surface area contributed by atoms with E-state index >= 15 is 0 Å². The molecular formula is C20H22N4O2S2. The van der Waals surface area contributed by atoms with Crippen LogP contribution in [0.15, 0.2) is 46.9 Å². The van der Waals surface area contributed by atoms with Crippen LogP contribution in [0.25, 0.3) is 10.7 Å². The summed E-state index contributed by atoms with van der Waals surface area (Å²) in [5.74, 6) is 1.95. The highest BCUT2D eigenvalue weighted by molar-refractivity contribution is 7.99. The van der Waals surface area contributed by atoms with Crippen molar-refractivity contribution in [3.8, 4) is 16.5 Å². The monoisotopic (exact) mass is 414 g/mol. The second-order valence-corrected chi connectivity index (χ2v) is 8.59. The summed E-state index contributed by atoms with van der Waals surface area (Å²) in [7, 11) is 1.64. The standard InChI is InChI=1S/C20H22N4O2S2/c1-13(15-6-3-4-7-16(15)26-2)21-18(25)12-28-20-23-22-19(17-8-5-11-27-17)24(20)14-9-10-14/h3-8,11,13-14H,9-10,12H2,1-2H3,(H,21,25). The lowest BCUT2D eigenvalue weighted by molar-refractivity contribution is -0.119. The Bertz CT molecular complexity index is 951. The van der Waals surface area contributed by atoms with E-state index in [-0.39, 0.29) is 11.9 Å². The molecule has 0 radical (unpaired) electrons. The van der Waals surface area contributed by atoms with Crippen molar-refractivity contribution < 1.29 is 9.53 Å². The van der Waals surface area contributed by atoms with Crippen molar-refractivity contribution in [2.24, 2.45) is 0 Å². The summed E-state index contributed by atoms with van der Waals surface area (Å²) in [6, 6.07) is 12.1. The van der Waals surface area contributed by atoms with E-state index in [0.29, 0.717) is 11.8 Å². The van der Waals surface area contributed by atoms with Crippen LogP contribution in [0.3, 0.4) is 0 Å². The number of thioether (sulfide) groups is 1. The molecule has 146 valence electrons. The van der Waals surface area contributed by atoms with E-state index in [1.54, 1.807) is 18.4 Å². The first-order valence-corrected chi connectivity index (χ1v) is 11.1. The van der Waals surface area contributed by atoms with Crippen molar-refractivity contribution in [3.63, 3.8) is 0 Å². The van der Waals surface area contributed by atoms with Gasteiger partial charge in [-0.1, -0.05) is 36.0 Å². The van der Waals surface area contributed by atoms with E-state index in [2.05, 4.69) is 26.1 Å². The molecule has 0 bridgehead atoms. The number of amides is 1. The molecule has 6 nitrogen and oxygen atoms in total. The van der Waals surface area contributed by atoms with Gasteiger partial charge in [-0.05, 0) is 37.3 Å². The van der Waals surface area contributed by atoms with Gasteiger partial charge in [-0.15, -0.1) is 21.5 Å². The molecule has 1 atom stereocenters. The van der Waals surface area contributed by atoms with Gasteiger partial charge in [0.05, 0.1) is 23.8 Å². The number of para-hydroxylation sites is 1. The summed E-state index contributed by atoms with van der Waals surface area (Å²) in [5.41, 5.74) is 0.962. The average molecular weight is 415 g/mol. The third-order valence-electron chi connectivity index (χ3n) is 4.63. The maximum Gasteiger partial charge on any atom is 0.230 e. The fourth-order valence-electron chi connectivity index (χ4n) is 3.13. The van der Waals surface area contributed by atoms with Gasteiger partial charge < -0.3 is 10.1 Å². The normalized spacial score (nSPS) is 14.6. The summed E-state index contributed by atoms with van der Waals surface area (Å²) >= 11 is 3.10. The lowest BCUT2D eigenvalue weighted by Crippen LogP contribution is -2.28. The number of methoxy groups -OCH3 is 1. The Morgan fingerprint density at radius 2 is 2.14 bits per heavy atom. The van der Waals surface area contributed by atoms with E-state index < -0.39 is 0 Å². The summed E-state index contributed by atoms with van der Waals surface area (Å²) in [4.78, 5) is 13.6. The number of rotatable bonds is 8. The maximum absolute atomic E-state index is 12.5. The molecule has 8 heteroatoms. The van der Waals surface area contributed by atoms with Crippen molar-refractivity contribution in [1.82, 2.24) is 20.1 Å². The largest absolute Gasteiger partial charge is 0.496 e. The number of hydrogen-bond acceptors (Lipinski definition) is 6. The van der Waals surface area contributed by atoms with Crippen molar-refractivity contribution in [2.45, 2.75) is 37.0 Å². The molecule has 0 spiro atoms. The molecular weight excluding hydrogens is 392 g/mol. The first kappa shape index (κ1) is 19.0. The topological polar surface area (TPSA) is 69.0 Å². The molecule has 1 aliphatic rings. The van der Waals surface area contributed by atoms with Gasteiger partial charge in [0.25, 0.3) is 0 Å². The molecule has 0 saturated heterocycles. The molecule has 2 heterocycles. The molecule has 1 unspecified atom stereocenters. The Labute approximate surface area is 172 Å². The smallest absolute Gasteiger partial charge is 0.230 e. The summed E-state index contributed by atoms with van der Waals surface area (Å²) in [5, 5.41) is 14.6. The summed E-state index contributed by atoms with van der Waals surface area (Å²) < 4.78 is 7.58. The zero-order chi connectivity index (χ0) is 19.5. The fraction of sp³-hybridized carbons (Fsp3) is 0.350. The van der Waals surface area contributed by atoms with Crippen molar-refractivity contribution >= 4 is 29.0 Å². The fourth-order valence-corrected chi connectivity index (χ4v) is 4.65. The molecule has 0 aliphatic heterocycles. The van der Waals surface area contributed by atoms with Crippen LogP contribution < -0.4 is 10.1 Å². The zero-order valence-corrected chi connectivity index (χ0v) is 17.4. The lowest BCUT2D eigenvalue weighted by atomic mass is 10.1. The van der Waals surface area contributed by atoms with Gasteiger partial charge in [-0.25, -0.2) is 0 Å². The number of ether oxygens (including phenoxy) is 1. The highest BCUT2D eigenvalue weighted by Crippen LogP contribution is 2.41. The number of benzene rings is 1. The molecule has 2 aromatic heterocycles. The molecule has 1 amide bonds. The van der Waals surface area contributed by atoms with Gasteiger partial charge >= 0.3 is 0 Å². The molecule has 1 aromatic carbocycles. The van der Waals surface area contributed by atoms with Crippen LogP contribution in [-0.4, -0.2) is 33.5 Å². The van der Waals surface area contributed by atoms with Gasteiger partial charge in [0, 0.05) is 11.6 Å². The predicted molar refractivity (Wildman–Crippen MR) is 112 cm³/mol. The molecule has 28 heavy (non-hydrogen) atoms. The third kappa shape index (κ3) is 4.07. The van der Waals surface area contributed by atoms with Crippen molar-refractivity contribution in [3.05, 3.63) is 47.3 Å². The lowest BCUT2D eigenvalue weighted by Gasteiger charge is -2.17. The quantitative estimate of drug-likeness (QED) is 0.556. The average Bonchev–Trinajstić information content (AvgIpc) is 3.23. The van der Waals surface area contributed by atoms with Crippen LogP contribution in [-0.2, 0) is 4.79 Å². The SMILES string of the molecule is COc1ccccc1C(C)NC(=O)CSc1nnc(-c2cccs2)n1C1CC1. The first-order chi connectivity index (χ1) is 13.7. The number of nitrogens with zero attached hydrogens (tertiary/aromatic N) is 3. The molecule has 1 aliphatic carbocycles. The van der Waals surface area contributed by atoms with Gasteiger partial charge in [0.2, 0.25) is 5.91 Å². The maximum atomic E-state index is 12.5. The Morgan fingerprint density at radius 3 is 2.86 bits per heavy atom. The minimum absolute atomic E-state index is 0.0357. The van der Waals surface area contributed by atoms with Crippen molar-refractivity contribution in [2.75, 3.05) is 12.9 Å². The van der Waals surface area contributed by atoms with Gasteiger partial charge in [-0.2, -0.15) is 0 Å². The van der Waals surface area contributed by atoms with E-state index in [4.69, 9.17) is 4.74 Å². The summed E-state index contributed by atoms with van der Waals surface area (Å²) in [6.45, 7) is 1.96. The minimum Gasteiger partial charge on any atom is -0.496 e. The van der Waals surface area contributed by atoms with Gasteiger partial charge in [0.1, 0.15) is 5.75 Å². The highest BCUT2D eigenvalue weighted by atomic mass is 32.2. The number of aromatic nitrogens is 3. The van der Waals surface area contributed by atoms with E-state index in [1.807, 2.05) is 42.6 Å². The predicted octanol–water partition coefficient (Wildman–Crippen LogP) is 4.32. The van der Waals surface area contributed by atoms with Gasteiger partial charge in [-0.3, -0.25) is 9.36 Å². The second kappa shape index (κ2) is 8.36. The number of thiophene rings is 1. The van der Waals surface area contributed by atoms with E-state index in [1.165, 1.54) is 11.8 Å². The molecule has 4 rings (SSSR count). The molecule has 1 fully saturated rings. The van der Waals surface area contributed by atoms with Crippen LogP contribution >= 0.6 is 23.1 Å². The Hall–Kier alpha value is -2.32. The number of carbonyl (C=O) groups excluding carboxylic acids is 1. The van der Waals surface area contributed by atoms with Gasteiger partial charge in [0.15, 0.2) is 11.0 Å². The summed E-state index contributed by atoms with van der Waals surface area (Å²) in [6.07, 6.45) is 2.28. The van der Waals surface area contributed by atoms with E-state index in [0.717, 1.165) is 40.0 Å². The third-order valence-corrected chi connectivity index (χ3v) is 6.44. The van der Waals surface area contributed by atoms with Crippen molar-refractivity contribution in [1.29, 1.82) is 0 Å².